The average molecular weight is 302 g/mol. The molecule has 3 heteroatoms. The van der Waals surface area contributed by atoms with Gasteiger partial charge in [-0.25, -0.2) is 0 Å². The highest BCUT2D eigenvalue weighted by atomic mass is 16.2. The summed E-state index contributed by atoms with van der Waals surface area (Å²) < 4.78 is 0. The first-order chi connectivity index (χ1) is 10.6. The second-order valence-corrected chi connectivity index (χ2v) is 6.91. The first kappa shape index (κ1) is 17.0. The maximum atomic E-state index is 12.4. The molecule has 0 radical (unpaired) electrons. The van der Waals surface area contributed by atoms with Crippen molar-refractivity contribution in [2.45, 2.75) is 58.0 Å². The highest BCUT2D eigenvalue weighted by molar-refractivity contribution is 5.78. The van der Waals surface area contributed by atoms with Crippen LogP contribution in [0, 0.1) is 5.92 Å². The molecular weight excluding hydrogens is 272 g/mol. The maximum absolute atomic E-state index is 12.4. The molecule has 0 bridgehead atoms. The molecule has 0 aliphatic heterocycles. The van der Waals surface area contributed by atoms with Crippen molar-refractivity contribution in [3.05, 3.63) is 35.9 Å². The van der Waals surface area contributed by atoms with E-state index in [9.17, 15) is 4.79 Å². The van der Waals surface area contributed by atoms with Crippen LogP contribution in [-0.4, -0.2) is 30.4 Å². The number of benzene rings is 1. The van der Waals surface area contributed by atoms with Gasteiger partial charge in [-0.15, -0.1) is 0 Å². The van der Waals surface area contributed by atoms with E-state index in [-0.39, 0.29) is 11.9 Å². The van der Waals surface area contributed by atoms with E-state index in [1.807, 2.05) is 18.2 Å². The molecule has 1 amide bonds. The Morgan fingerprint density at radius 3 is 2.41 bits per heavy atom. The lowest BCUT2D eigenvalue weighted by atomic mass is 9.94. The van der Waals surface area contributed by atoms with E-state index in [0.717, 1.165) is 0 Å². The number of nitrogens with zero attached hydrogens (tertiary/aromatic N) is 1. The third-order valence-corrected chi connectivity index (χ3v) is 4.73. The van der Waals surface area contributed by atoms with E-state index < -0.39 is 0 Å². The molecule has 122 valence electrons. The van der Waals surface area contributed by atoms with Crippen molar-refractivity contribution in [2.24, 2.45) is 5.92 Å². The lowest BCUT2D eigenvalue weighted by Crippen LogP contribution is -2.43. The largest absolute Gasteiger partial charge is 0.348 e. The first-order valence-electron chi connectivity index (χ1n) is 8.62. The summed E-state index contributed by atoms with van der Waals surface area (Å²) in [7, 11) is 2.09. The normalized spacial score (nSPS) is 17.7. The third-order valence-electron chi connectivity index (χ3n) is 4.73. The predicted octanol–water partition coefficient (Wildman–Crippen LogP) is 3.76. The number of amides is 1. The molecule has 0 heterocycles. The van der Waals surface area contributed by atoms with Crippen molar-refractivity contribution in [3.8, 4) is 0 Å². The summed E-state index contributed by atoms with van der Waals surface area (Å²) in [5.74, 6) is 0.516. The smallest absolute Gasteiger partial charge is 0.234 e. The molecule has 1 fully saturated rings. The molecule has 3 nitrogen and oxygen atoms in total. The van der Waals surface area contributed by atoms with Gasteiger partial charge in [0.15, 0.2) is 0 Å². The van der Waals surface area contributed by atoms with E-state index in [0.29, 0.717) is 18.5 Å². The zero-order valence-corrected chi connectivity index (χ0v) is 14.2. The number of carbonyl (C=O) groups is 1. The summed E-state index contributed by atoms with van der Waals surface area (Å²) in [6, 6.07) is 10.9. The van der Waals surface area contributed by atoms with E-state index >= 15 is 0 Å². The monoisotopic (exact) mass is 302 g/mol. The Balaban J connectivity index is 1.91. The molecule has 0 aromatic heterocycles. The Kier molecular flexibility index (Phi) is 6.44. The molecule has 1 aliphatic carbocycles. The van der Waals surface area contributed by atoms with Gasteiger partial charge in [-0.2, -0.15) is 0 Å². The Bertz CT molecular complexity index is 452. The Hall–Kier alpha value is -1.35. The van der Waals surface area contributed by atoms with E-state index in [4.69, 9.17) is 0 Å². The van der Waals surface area contributed by atoms with Crippen molar-refractivity contribution >= 4 is 5.91 Å². The molecule has 0 spiro atoms. The van der Waals surface area contributed by atoms with Crippen LogP contribution in [0.4, 0.5) is 0 Å². The molecule has 2 rings (SSSR count). The molecule has 1 unspecified atom stereocenters. The minimum atomic E-state index is 0.0912. The summed E-state index contributed by atoms with van der Waals surface area (Å²) in [4.78, 5) is 14.7. The van der Waals surface area contributed by atoms with Crippen molar-refractivity contribution < 1.29 is 4.79 Å². The Morgan fingerprint density at radius 1 is 1.18 bits per heavy atom. The van der Waals surface area contributed by atoms with Crippen LogP contribution in [-0.2, 0) is 4.79 Å². The fourth-order valence-electron chi connectivity index (χ4n) is 3.39. The quantitative estimate of drug-likeness (QED) is 0.867. The molecule has 1 N–H and O–H groups in total. The van der Waals surface area contributed by atoms with Gasteiger partial charge in [-0.3, -0.25) is 9.69 Å². The van der Waals surface area contributed by atoms with E-state index in [2.05, 4.69) is 43.2 Å². The lowest BCUT2D eigenvalue weighted by Gasteiger charge is -2.31. The van der Waals surface area contributed by atoms with Gasteiger partial charge in [-0.1, -0.05) is 63.4 Å². The standard InChI is InChI=1S/C19H30N2O/c1-15(2)19(16-10-6-4-7-11-16)20-18(22)14-21(3)17-12-8-5-9-13-17/h4,6-7,10-11,15,17,19H,5,8-9,12-14H2,1-3H3,(H,20,22). The third kappa shape index (κ3) is 4.84. The highest BCUT2D eigenvalue weighted by Crippen LogP contribution is 2.23. The van der Waals surface area contributed by atoms with Gasteiger partial charge >= 0.3 is 0 Å². The number of hydrogen-bond donors (Lipinski definition) is 1. The van der Waals surface area contributed by atoms with Gasteiger partial charge < -0.3 is 5.32 Å². The number of hydrogen-bond acceptors (Lipinski definition) is 2. The predicted molar refractivity (Wildman–Crippen MR) is 91.7 cm³/mol. The fourth-order valence-corrected chi connectivity index (χ4v) is 3.39. The van der Waals surface area contributed by atoms with E-state index in [1.54, 1.807) is 0 Å². The molecule has 0 saturated heterocycles. The van der Waals surface area contributed by atoms with Gasteiger partial charge in [0.1, 0.15) is 0 Å². The summed E-state index contributed by atoms with van der Waals surface area (Å²) in [5, 5.41) is 3.22. The van der Waals surface area contributed by atoms with Crippen LogP contribution in [0.1, 0.15) is 57.6 Å². The van der Waals surface area contributed by atoms with Crippen molar-refractivity contribution in [1.29, 1.82) is 0 Å². The Morgan fingerprint density at radius 2 is 1.82 bits per heavy atom. The number of carbonyl (C=O) groups excluding carboxylic acids is 1. The van der Waals surface area contributed by atoms with Crippen LogP contribution < -0.4 is 5.32 Å². The van der Waals surface area contributed by atoms with Gasteiger partial charge in [0.25, 0.3) is 0 Å². The van der Waals surface area contributed by atoms with Gasteiger partial charge in [-0.05, 0) is 31.4 Å². The summed E-state index contributed by atoms with van der Waals surface area (Å²) >= 11 is 0. The van der Waals surface area contributed by atoms with Gasteiger partial charge in [0.05, 0.1) is 12.6 Å². The van der Waals surface area contributed by atoms with Crippen LogP contribution in [0.3, 0.4) is 0 Å². The van der Waals surface area contributed by atoms with Crippen LogP contribution in [0.2, 0.25) is 0 Å². The van der Waals surface area contributed by atoms with Crippen LogP contribution in [0.5, 0.6) is 0 Å². The van der Waals surface area contributed by atoms with Gasteiger partial charge in [0, 0.05) is 6.04 Å². The molecule has 1 aromatic carbocycles. The zero-order chi connectivity index (χ0) is 15.9. The minimum Gasteiger partial charge on any atom is -0.348 e. The van der Waals surface area contributed by atoms with Crippen LogP contribution in [0.15, 0.2) is 30.3 Å². The highest BCUT2D eigenvalue weighted by Gasteiger charge is 2.22. The van der Waals surface area contributed by atoms with Crippen LogP contribution >= 0.6 is 0 Å². The van der Waals surface area contributed by atoms with Crippen molar-refractivity contribution in [1.82, 2.24) is 10.2 Å². The Labute approximate surface area is 135 Å². The summed E-state index contributed by atoms with van der Waals surface area (Å²) in [6.45, 7) is 4.81. The summed E-state index contributed by atoms with van der Waals surface area (Å²) in [6.07, 6.45) is 6.41. The molecule has 22 heavy (non-hydrogen) atoms. The first-order valence-corrected chi connectivity index (χ1v) is 8.62. The van der Waals surface area contributed by atoms with Crippen molar-refractivity contribution in [2.75, 3.05) is 13.6 Å². The fraction of sp³-hybridized carbons (Fsp3) is 0.632. The average Bonchev–Trinajstić information content (AvgIpc) is 2.54. The van der Waals surface area contributed by atoms with E-state index in [1.165, 1.54) is 37.7 Å². The summed E-state index contributed by atoms with van der Waals surface area (Å²) in [5.41, 5.74) is 1.19. The topological polar surface area (TPSA) is 32.3 Å². The van der Waals surface area contributed by atoms with Gasteiger partial charge in [0.2, 0.25) is 5.91 Å². The molecule has 1 saturated carbocycles. The van der Waals surface area contributed by atoms with Crippen LogP contribution in [0.25, 0.3) is 0 Å². The molecular formula is C19H30N2O. The molecule has 1 aliphatic rings. The molecule has 1 aromatic rings. The van der Waals surface area contributed by atoms with Crippen molar-refractivity contribution in [3.63, 3.8) is 0 Å². The maximum Gasteiger partial charge on any atom is 0.234 e. The number of rotatable bonds is 6. The second kappa shape index (κ2) is 8.33. The minimum absolute atomic E-state index is 0.0912. The number of likely N-dealkylation sites (N-methyl/N-ethyl adjacent to an activating group) is 1. The molecule has 1 atom stereocenters. The second-order valence-electron chi connectivity index (χ2n) is 6.91. The lowest BCUT2D eigenvalue weighted by molar-refractivity contribution is -0.123. The zero-order valence-electron chi connectivity index (χ0n) is 14.2. The SMILES string of the molecule is CC(C)C(NC(=O)CN(C)C1CCCCC1)c1ccccc1. The number of nitrogens with one attached hydrogen (secondary N) is 1.